The van der Waals surface area contributed by atoms with E-state index in [-0.39, 0.29) is 11.7 Å². The molecule has 5 heteroatoms. The van der Waals surface area contributed by atoms with E-state index in [0.717, 1.165) is 16.5 Å². The van der Waals surface area contributed by atoms with Crippen LogP contribution in [0.1, 0.15) is 36.5 Å². The van der Waals surface area contributed by atoms with Gasteiger partial charge in [-0.05, 0) is 35.2 Å². The normalized spacial score (nSPS) is 10.7. The second-order valence-corrected chi connectivity index (χ2v) is 7.57. The molecule has 0 aliphatic heterocycles. The Hall–Kier alpha value is -2.84. The minimum absolute atomic E-state index is 0.0789. The zero-order valence-corrected chi connectivity index (χ0v) is 16.2. The third-order valence-electron chi connectivity index (χ3n) is 4.26. The van der Waals surface area contributed by atoms with Gasteiger partial charge >= 0.3 is 0 Å². The van der Waals surface area contributed by atoms with Gasteiger partial charge in [0.05, 0.1) is 16.8 Å². The van der Waals surface area contributed by atoms with Gasteiger partial charge in [-0.25, -0.2) is 4.98 Å². The Labute approximate surface area is 163 Å². The van der Waals surface area contributed by atoms with E-state index in [4.69, 9.17) is 0 Å². The first-order valence-corrected chi connectivity index (χ1v) is 9.83. The zero-order valence-electron chi connectivity index (χ0n) is 15.4. The number of nitriles is 1. The van der Waals surface area contributed by atoms with Crippen LogP contribution in [0.15, 0.2) is 59.6 Å². The highest BCUT2D eigenvalue weighted by atomic mass is 32.2. The summed E-state index contributed by atoms with van der Waals surface area (Å²) in [5.74, 6) is 0.566. The molecule has 0 atom stereocenters. The van der Waals surface area contributed by atoms with Gasteiger partial charge in [0.2, 0.25) is 5.91 Å². The highest BCUT2D eigenvalue weighted by molar-refractivity contribution is 8.00. The molecule has 0 saturated carbocycles. The molecule has 0 radical (unpaired) electrons. The van der Waals surface area contributed by atoms with E-state index in [1.807, 2.05) is 42.5 Å². The number of amides is 1. The maximum atomic E-state index is 12.1. The first kappa shape index (κ1) is 18.9. The lowest BCUT2D eigenvalue weighted by molar-refractivity contribution is -0.118. The topological polar surface area (TPSA) is 65.8 Å². The number of nitrogens with zero attached hydrogens (tertiary/aromatic N) is 2. The van der Waals surface area contributed by atoms with Crippen LogP contribution >= 0.6 is 11.8 Å². The van der Waals surface area contributed by atoms with Crippen LogP contribution in [-0.4, -0.2) is 16.6 Å². The molecular formula is C22H21N3OS. The fourth-order valence-corrected chi connectivity index (χ4v) is 3.50. The molecular weight excluding hydrogens is 354 g/mol. The van der Waals surface area contributed by atoms with Crippen molar-refractivity contribution < 1.29 is 4.79 Å². The molecule has 0 saturated heterocycles. The van der Waals surface area contributed by atoms with E-state index < -0.39 is 0 Å². The van der Waals surface area contributed by atoms with Gasteiger partial charge in [-0.1, -0.05) is 62.0 Å². The molecule has 27 heavy (non-hydrogen) atoms. The van der Waals surface area contributed by atoms with Crippen molar-refractivity contribution >= 4 is 28.6 Å². The van der Waals surface area contributed by atoms with Gasteiger partial charge in [0.1, 0.15) is 11.1 Å². The molecule has 1 aromatic heterocycles. The molecule has 0 aliphatic carbocycles. The predicted octanol–water partition coefficient (Wildman–Crippen LogP) is 4.64. The van der Waals surface area contributed by atoms with Gasteiger partial charge in [0.25, 0.3) is 0 Å². The summed E-state index contributed by atoms with van der Waals surface area (Å²) >= 11 is 1.29. The first-order chi connectivity index (χ1) is 13.1. The number of benzene rings is 2. The molecule has 4 nitrogen and oxygen atoms in total. The molecule has 0 unspecified atom stereocenters. The largest absolute Gasteiger partial charge is 0.351 e. The third kappa shape index (κ3) is 4.87. The summed E-state index contributed by atoms with van der Waals surface area (Å²) in [4.78, 5) is 16.7. The standard InChI is InChI=1S/C22H21N3OS/c1-15(2)17-8-9-20-18(10-17)11-19(12-23)22(25-20)27-14-21(26)24-13-16-6-4-3-5-7-16/h3-11,15H,13-14H2,1-2H3,(H,24,26). The van der Waals surface area contributed by atoms with Gasteiger partial charge < -0.3 is 5.32 Å². The smallest absolute Gasteiger partial charge is 0.230 e. The van der Waals surface area contributed by atoms with Gasteiger partial charge in [0.15, 0.2) is 0 Å². The second-order valence-electron chi connectivity index (χ2n) is 6.61. The maximum absolute atomic E-state index is 12.1. The fraction of sp³-hybridized carbons (Fsp3) is 0.227. The number of thioether (sulfide) groups is 1. The highest BCUT2D eigenvalue weighted by Gasteiger charge is 2.11. The number of nitrogens with one attached hydrogen (secondary N) is 1. The number of carbonyl (C=O) groups is 1. The number of carbonyl (C=O) groups excluding carboxylic acids is 1. The molecule has 1 amide bonds. The lowest BCUT2D eigenvalue weighted by Gasteiger charge is -2.09. The number of rotatable bonds is 6. The number of hydrogen-bond acceptors (Lipinski definition) is 4. The minimum atomic E-state index is -0.0789. The van der Waals surface area contributed by atoms with Crippen molar-refractivity contribution in [3.05, 3.63) is 71.3 Å². The molecule has 0 fully saturated rings. The molecule has 0 bridgehead atoms. The van der Waals surface area contributed by atoms with Crippen LogP contribution in [0.25, 0.3) is 10.9 Å². The quantitative estimate of drug-likeness (QED) is 0.638. The Morgan fingerprint density at radius 1 is 1.19 bits per heavy atom. The predicted molar refractivity (Wildman–Crippen MR) is 110 cm³/mol. The summed E-state index contributed by atoms with van der Waals surface area (Å²) in [7, 11) is 0. The van der Waals surface area contributed by atoms with Crippen LogP contribution in [0.4, 0.5) is 0 Å². The van der Waals surface area contributed by atoms with Crippen molar-refractivity contribution in [1.82, 2.24) is 10.3 Å². The van der Waals surface area contributed by atoms with Gasteiger partial charge in [0, 0.05) is 11.9 Å². The van der Waals surface area contributed by atoms with Crippen LogP contribution in [-0.2, 0) is 11.3 Å². The Balaban J connectivity index is 1.69. The number of aromatic nitrogens is 1. The number of fused-ring (bicyclic) bond motifs is 1. The molecule has 1 N–H and O–H groups in total. The van der Waals surface area contributed by atoms with Crippen LogP contribution in [0.2, 0.25) is 0 Å². The van der Waals surface area contributed by atoms with Gasteiger partial charge in [-0.3, -0.25) is 4.79 Å². The van der Waals surface area contributed by atoms with E-state index in [2.05, 4.69) is 42.4 Å². The van der Waals surface area contributed by atoms with Crippen LogP contribution in [0.3, 0.4) is 0 Å². The lowest BCUT2D eigenvalue weighted by atomic mass is 10.0. The second kappa shape index (κ2) is 8.70. The molecule has 136 valence electrons. The van der Waals surface area contributed by atoms with Crippen LogP contribution < -0.4 is 5.32 Å². The number of pyridine rings is 1. The Morgan fingerprint density at radius 3 is 2.67 bits per heavy atom. The van der Waals surface area contributed by atoms with Crippen LogP contribution in [0, 0.1) is 11.3 Å². The molecule has 3 rings (SSSR count). The van der Waals surface area contributed by atoms with Crippen molar-refractivity contribution in [2.45, 2.75) is 31.3 Å². The van der Waals surface area contributed by atoms with Gasteiger partial charge in [-0.2, -0.15) is 5.26 Å². The third-order valence-corrected chi connectivity index (χ3v) is 5.25. The van der Waals surface area contributed by atoms with Crippen molar-refractivity contribution in [3.63, 3.8) is 0 Å². The summed E-state index contributed by atoms with van der Waals surface area (Å²) in [6.45, 7) is 4.77. The minimum Gasteiger partial charge on any atom is -0.351 e. The van der Waals surface area contributed by atoms with Gasteiger partial charge in [-0.15, -0.1) is 0 Å². The molecule has 0 aliphatic rings. The number of hydrogen-bond donors (Lipinski definition) is 1. The van der Waals surface area contributed by atoms with E-state index in [9.17, 15) is 10.1 Å². The average molecular weight is 375 g/mol. The maximum Gasteiger partial charge on any atom is 0.230 e. The summed E-state index contributed by atoms with van der Waals surface area (Å²) in [5, 5.41) is 13.9. The van der Waals surface area contributed by atoms with Crippen molar-refractivity contribution in [3.8, 4) is 6.07 Å². The van der Waals surface area contributed by atoms with Crippen molar-refractivity contribution in [2.24, 2.45) is 0 Å². The van der Waals surface area contributed by atoms with E-state index in [0.29, 0.717) is 23.1 Å². The fourth-order valence-electron chi connectivity index (χ4n) is 2.71. The summed E-state index contributed by atoms with van der Waals surface area (Å²) in [6, 6.07) is 20.0. The Morgan fingerprint density at radius 2 is 1.96 bits per heavy atom. The van der Waals surface area contributed by atoms with E-state index in [1.54, 1.807) is 0 Å². The molecule has 2 aromatic carbocycles. The molecule has 0 spiro atoms. The average Bonchev–Trinajstić information content (AvgIpc) is 2.70. The Bertz CT molecular complexity index is 994. The van der Waals surface area contributed by atoms with E-state index >= 15 is 0 Å². The van der Waals surface area contributed by atoms with E-state index in [1.165, 1.54) is 17.3 Å². The summed E-state index contributed by atoms with van der Waals surface area (Å²) in [6.07, 6.45) is 0. The first-order valence-electron chi connectivity index (χ1n) is 8.85. The molecule has 3 aromatic rings. The summed E-state index contributed by atoms with van der Waals surface area (Å²) in [5.41, 5.74) is 3.61. The zero-order chi connectivity index (χ0) is 19.2. The van der Waals surface area contributed by atoms with Crippen molar-refractivity contribution in [2.75, 3.05) is 5.75 Å². The van der Waals surface area contributed by atoms with Crippen molar-refractivity contribution in [1.29, 1.82) is 5.26 Å². The SMILES string of the molecule is CC(C)c1ccc2nc(SCC(=O)NCc3ccccc3)c(C#N)cc2c1. The summed E-state index contributed by atoms with van der Waals surface area (Å²) < 4.78 is 0. The Kier molecular flexibility index (Phi) is 6.10. The molecule has 1 heterocycles. The lowest BCUT2D eigenvalue weighted by Crippen LogP contribution is -2.24. The van der Waals surface area contributed by atoms with Crippen LogP contribution in [0.5, 0.6) is 0 Å². The monoisotopic (exact) mass is 375 g/mol. The highest BCUT2D eigenvalue weighted by Crippen LogP contribution is 2.27.